The van der Waals surface area contributed by atoms with Gasteiger partial charge in [-0.05, 0) is 0 Å². The lowest BCUT2D eigenvalue weighted by molar-refractivity contribution is 0.0821. The van der Waals surface area contributed by atoms with Crippen molar-refractivity contribution >= 4 is 11.7 Å². The summed E-state index contributed by atoms with van der Waals surface area (Å²) in [5, 5.41) is 0. The van der Waals surface area contributed by atoms with Crippen molar-refractivity contribution in [2.24, 2.45) is 0 Å². The molecule has 64 valence electrons. The van der Waals surface area contributed by atoms with Gasteiger partial charge >= 0.3 is 0 Å². The van der Waals surface area contributed by atoms with Gasteiger partial charge in [-0.2, -0.15) is 0 Å². The number of aromatic nitrogens is 2. The number of rotatable bonds is 1. The van der Waals surface area contributed by atoms with Gasteiger partial charge in [0.05, 0.1) is 12.4 Å². The van der Waals surface area contributed by atoms with Crippen molar-refractivity contribution in [2.45, 2.75) is 0 Å². The largest absolute Gasteiger partial charge is 0.382 e. The zero-order valence-corrected chi connectivity index (χ0v) is 6.98. The number of nitrogens with zero attached hydrogens (tertiary/aromatic N) is 3. The highest BCUT2D eigenvalue weighted by molar-refractivity contribution is 5.91. The molecule has 0 aliphatic heterocycles. The molecule has 0 aliphatic carbocycles. The molecule has 0 bridgehead atoms. The third kappa shape index (κ3) is 1.69. The molecule has 1 amide bonds. The molecule has 2 N–H and O–H groups in total. The van der Waals surface area contributed by atoms with Gasteiger partial charge in [-0.1, -0.05) is 0 Å². The lowest BCUT2D eigenvalue weighted by atomic mass is 10.4. The lowest BCUT2D eigenvalue weighted by Crippen LogP contribution is -2.23. The van der Waals surface area contributed by atoms with Crippen LogP contribution in [0.5, 0.6) is 0 Å². The van der Waals surface area contributed by atoms with Crippen LogP contribution in [0.25, 0.3) is 0 Å². The molecule has 0 radical (unpaired) electrons. The Morgan fingerprint density at radius 1 is 1.50 bits per heavy atom. The van der Waals surface area contributed by atoms with Crippen molar-refractivity contribution in [2.75, 3.05) is 19.8 Å². The summed E-state index contributed by atoms with van der Waals surface area (Å²) in [6.45, 7) is 0. The summed E-state index contributed by atoms with van der Waals surface area (Å²) in [5.74, 6) is 0.0532. The first kappa shape index (κ1) is 8.45. The van der Waals surface area contributed by atoms with Gasteiger partial charge in [0.2, 0.25) is 0 Å². The average Bonchev–Trinajstić information content (AvgIpc) is 2.03. The average molecular weight is 166 g/mol. The second kappa shape index (κ2) is 3.17. The maximum absolute atomic E-state index is 11.3. The number of nitrogens with two attached hydrogens (primary N) is 1. The van der Waals surface area contributed by atoms with Crippen molar-refractivity contribution in [1.82, 2.24) is 14.9 Å². The number of carbonyl (C=O) groups excluding carboxylic acids is 1. The van der Waals surface area contributed by atoms with Crippen LogP contribution in [0.3, 0.4) is 0 Å². The maximum atomic E-state index is 11.3. The Morgan fingerprint density at radius 3 is 2.67 bits per heavy atom. The van der Waals surface area contributed by atoms with Crippen molar-refractivity contribution in [3.05, 3.63) is 18.1 Å². The molecular formula is C7H10N4O. The molecule has 0 aromatic carbocycles. The fraction of sp³-hybridized carbons (Fsp3) is 0.286. The molecule has 5 nitrogen and oxygen atoms in total. The molecule has 0 aliphatic rings. The standard InChI is InChI=1S/C7H10N4O/c1-11(2)7(12)5-3-9-4-6(8)10-5/h3-4H,1-2H3,(H2,8,10). The molecule has 0 atom stereocenters. The summed E-state index contributed by atoms with van der Waals surface area (Å²) >= 11 is 0. The van der Waals surface area contributed by atoms with E-state index in [9.17, 15) is 4.79 Å². The second-order valence-electron chi connectivity index (χ2n) is 2.53. The third-order valence-electron chi connectivity index (χ3n) is 1.28. The van der Waals surface area contributed by atoms with E-state index in [1.54, 1.807) is 14.1 Å². The maximum Gasteiger partial charge on any atom is 0.273 e. The fourth-order valence-electron chi connectivity index (χ4n) is 0.713. The van der Waals surface area contributed by atoms with Gasteiger partial charge in [-0.25, -0.2) is 4.98 Å². The first-order chi connectivity index (χ1) is 5.61. The van der Waals surface area contributed by atoms with Crippen LogP contribution in [0.15, 0.2) is 12.4 Å². The zero-order valence-electron chi connectivity index (χ0n) is 6.98. The molecule has 0 spiro atoms. The minimum absolute atomic E-state index is 0.199. The Kier molecular flexibility index (Phi) is 2.23. The highest BCUT2D eigenvalue weighted by Gasteiger charge is 2.09. The number of hydrogen-bond donors (Lipinski definition) is 1. The summed E-state index contributed by atoms with van der Waals surface area (Å²) in [6, 6.07) is 0. The van der Waals surface area contributed by atoms with Crippen LogP contribution in [0.1, 0.15) is 10.5 Å². The molecule has 5 heteroatoms. The van der Waals surface area contributed by atoms with Gasteiger partial charge in [-0.15, -0.1) is 0 Å². The van der Waals surface area contributed by atoms with E-state index >= 15 is 0 Å². The Balaban J connectivity index is 2.96. The first-order valence-corrected chi connectivity index (χ1v) is 3.40. The van der Waals surface area contributed by atoms with Gasteiger partial charge in [0.15, 0.2) is 0 Å². The van der Waals surface area contributed by atoms with Crippen LogP contribution >= 0.6 is 0 Å². The van der Waals surface area contributed by atoms with Crippen LogP contribution in [0.2, 0.25) is 0 Å². The highest BCUT2D eigenvalue weighted by Crippen LogP contribution is 1.99. The summed E-state index contributed by atoms with van der Waals surface area (Å²) in [7, 11) is 3.29. The number of nitrogen functional groups attached to an aromatic ring is 1. The minimum Gasteiger partial charge on any atom is -0.382 e. The summed E-state index contributed by atoms with van der Waals surface area (Å²) < 4.78 is 0. The third-order valence-corrected chi connectivity index (χ3v) is 1.28. The molecule has 0 fully saturated rings. The van der Waals surface area contributed by atoms with E-state index < -0.39 is 0 Å². The second-order valence-corrected chi connectivity index (χ2v) is 2.53. The van der Waals surface area contributed by atoms with Crippen LogP contribution in [0, 0.1) is 0 Å². The fourth-order valence-corrected chi connectivity index (χ4v) is 0.713. The van der Waals surface area contributed by atoms with Gasteiger partial charge in [0.1, 0.15) is 11.5 Å². The minimum atomic E-state index is -0.199. The highest BCUT2D eigenvalue weighted by atomic mass is 16.2. The molecule has 0 saturated carbocycles. The summed E-state index contributed by atoms with van der Waals surface area (Å²) in [5.41, 5.74) is 5.62. The quantitative estimate of drug-likeness (QED) is 0.625. The van der Waals surface area contributed by atoms with E-state index in [-0.39, 0.29) is 17.4 Å². The number of carbonyl (C=O) groups is 1. The van der Waals surface area contributed by atoms with Gasteiger partial charge in [0, 0.05) is 14.1 Å². The smallest absolute Gasteiger partial charge is 0.273 e. The van der Waals surface area contributed by atoms with Crippen LogP contribution in [0.4, 0.5) is 5.82 Å². The Labute approximate surface area is 70.2 Å². The van der Waals surface area contributed by atoms with Crippen molar-refractivity contribution in [3.8, 4) is 0 Å². The van der Waals surface area contributed by atoms with Crippen LogP contribution < -0.4 is 5.73 Å². The molecule has 1 aromatic heterocycles. The van der Waals surface area contributed by atoms with Crippen molar-refractivity contribution in [3.63, 3.8) is 0 Å². The van der Waals surface area contributed by atoms with Gasteiger partial charge in [-0.3, -0.25) is 9.78 Å². The van der Waals surface area contributed by atoms with E-state index in [0.29, 0.717) is 0 Å². The molecular weight excluding hydrogens is 156 g/mol. The summed E-state index contributed by atoms with van der Waals surface area (Å²) in [4.78, 5) is 20.3. The number of anilines is 1. The molecule has 12 heavy (non-hydrogen) atoms. The zero-order chi connectivity index (χ0) is 9.14. The van der Waals surface area contributed by atoms with Gasteiger partial charge < -0.3 is 10.6 Å². The number of hydrogen-bond acceptors (Lipinski definition) is 4. The van der Waals surface area contributed by atoms with E-state index in [0.717, 1.165) is 0 Å². The molecule has 0 saturated heterocycles. The van der Waals surface area contributed by atoms with Crippen LogP contribution in [-0.4, -0.2) is 34.9 Å². The summed E-state index contributed by atoms with van der Waals surface area (Å²) in [6.07, 6.45) is 2.78. The molecule has 1 aromatic rings. The van der Waals surface area contributed by atoms with Gasteiger partial charge in [0.25, 0.3) is 5.91 Å². The first-order valence-electron chi connectivity index (χ1n) is 3.40. The molecule has 1 rings (SSSR count). The monoisotopic (exact) mass is 166 g/mol. The lowest BCUT2D eigenvalue weighted by Gasteiger charge is -2.08. The Bertz CT molecular complexity index is 297. The van der Waals surface area contributed by atoms with E-state index in [1.165, 1.54) is 17.3 Å². The predicted octanol–water partition coefficient (Wildman–Crippen LogP) is -0.239. The normalized spacial score (nSPS) is 9.50. The van der Waals surface area contributed by atoms with Crippen LogP contribution in [-0.2, 0) is 0 Å². The van der Waals surface area contributed by atoms with E-state index in [2.05, 4.69) is 9.97 Å². The van der Waals surface area contributed by atoms with E-state index in [4.69, 9.17) is 5.73 Å². The molecule has 1 heterocycles. The topological polar surface area (TPSA) is 72.1 Å². The Hall–Kier alpha value is -1.65. The Morgan fingerprint density at radius 2 is 2.17 bits per heavy atom. The van der Waals surface area contributed by atoms with Crippen molar-refractivity contribution < 1.29 is 4.79 Å². The van der Waals surface area contributed by atoms with E-state index in [1.807, 2.05) is 0 Å². The molecule has 0 unspecified atom stereocenters. The predicted molar refractivity (Wildman–Crippen MR) is 44.5 cm³/mol. The SMILES string of the molecule is CN(C)C(=O)c1cncc(N)n1. The number of amides is 1. The van der Waals surface area contributed by atoms with Crippen molar-refractivity contribution in [1.29, 1.82) is 0 Å².